The van der Waals surface area contributed by atoms with Crippen LogP contribution >= 0.6 is 0 Å². The second-order valence-electron chi connectivity index (χ2n) is 8.53. The summed E-state index contributed by atoms with van der Waals surface area (Å²) in [5.74, 6) is -0.366. The second-order valence-corrected chi connectivity index (χ2v) is 10.5. The zero-order valence-corrected chi connectivity index (χ0v) is 20.9. The lowest BCUT2D eigenvalue weighted by molar-refractivity contribution is -0.137. The Morgan fingerprint density at radius 3 is 2.39 bits per heavy atom. The fourth-order valence-corrected chi connectivity index (χ4v) is 4.47. The van der Waals surface area contributed by atoms with Crippen LogP contribution in [0.5, 0.6) is 0 Å². The van der Waals surface area contributed by atoms with Crippen molar-refractivity contribution >= 4 is 21.6 Å². The van der Waals surface area contributed by atoms with Crippen LogP contribution in [-0.2, 0) is 22.6 Å². The van der Waals surface area contributed by atoms with Crippen molar-refractivity contribution in [3.8, 4) is 17.1 Å². The summed E-state index contributed by atoms with van der Waals surface area (Å²) in [4.78, 5) is 33.6. The van der Waals surface area contributed by atoms with Gasteiger partial charge in [0, 0.05) is 29.7 Å². The third kappa shape index (κ3) is 5.47. The maximum Gasteiger partial charge on any atom is 0.416 e. The molecule has 2 heterocycles. The number of sulfone groups is 1. The molecule has 0 atom stereocenters. The lowest BCUT2D eigenvalue weighted by Crippen LogP contribution is -2.33. The van der Waals surface area contributed by atoms with Gasteiger partial charge >= 0.3 is 6.18 Å². The normalized spacial score (nSPS) is 11.9. The predicted octanol–water partition coefficient (Wildman–Crippen LogP) is 3.47. The summed E-state index contributed by atoms with van der Waals surface area (Å²) >= 11 is 0. The highest BCUT2D eigenvalue weighted by Gasteiger charge is 2.31. The maximum absolute atomic E-state index is 13.4. The Hall–Kier alpha value is -4.39. The minimum Gasteiger partial charge on any atom is -0.384 e. The topological polar surface area (TPSA) is 140 Å². The fourth-order valence-electron chi connectivity index (χ4n) is 3.84. The number of nitrogens with two attached hydrogens (primary N) is 1. The van der Waals surface area contributed by atoms with Crippen molar-refractivity contribution in [1.82, 2.24) is 19.9 Å². The van der Waals surface area contributed by atoms with Crippen molar-refractivity contribution in [3.63, 3.8) is 0 Å². The van der Waals surface area contributed by atoms with Gasteiger partial charge < -0.3 is 16.0 Å². The molecule has 4 rings (SSSR count). The van der Waals surface area contributed by atoms with Crippen molar-refractivity contribution in [3.05, 3.63) is 93.5 Å². The van der Waals surface area contributed by atoms with E-state index < -0.39 is 33.0 Å². The molecule has 9 nitrogen and oxygen atoms in total. The van der Waals surface area contributed by atoms with Gasteiger partial charge in [0.1, 0.15) is 17.2 Å². The number of anilines is 1. The SMILES string of the molecule is Cc1c(-c2ncc(N)[nH]2)cc(C(=O)NCc2ccc(S(C)(=O)=O)cc2)c(=O)n1-c1cccc(C(F)(F)F)c1. The second kappa shape index (κ2) is 9.82. The lowest BCUT2D eigenvalue weighted by atomic mass is 10.1. The van der Waals surface area contributed by atoms with E-state index in [1.807, 2.05) is 0 Å². The number of amides is 1. The first-order valence-corrected chi connectivity index (χ1v) is 13.0. The summed E-state index contributed by atoms with van der Waals surface area (Å²) < 4.78 is 64.4. The summed E-state index contributed by atoms with van der Waals surface area (Å²) in [5.41, 5.74) is 4.58. The van der Waals surface area contributed by atoms with Crippen molar-refractivity contribution in [2.24, 2.45) is 0 Å². The number of pyridine rings is 1. The smallest absolute Gasteiger partial charge is 0.384 e. The van der Waals surface area contributed by atoms with Gasteiger partial charge in [0.2, 0.25) is 0 Å². The summed E-state index contributed by atoms with van der Waals surface area (Å²) in [7, 11) is -3.40. The number of benzene rings is 2. The van der Waals surface area contributed by atoms with Crippen LogP contribution in [0.1, 0.15) is 27.2 Å². The monoisotopic (exact) mass is 545 g/mol. The number of halogens is 3. The average molecular weight is 546 g/mol. The molecule has 38 heavy (non-hydrogen) atoms. The molecule has 0 bridgehead atoms. The number of carbonyl (C=O) groups excluding carboxylic acids is 1. The number of imidazole rings is 1. The number of aromatic nitrogens is 3. The van der Waals surface area contributed by atoms with Gasteiger partial charge in [-0.2, -0.15) is 13.2 Å². The molecule has 0 aliphatic rings. The molecular formula is C25H22F3N5O4S. The lowest BCUT2D eigenvalue weighted by Gasteiger charge is -2.17. The quantitative estimate of drug-likeness (QED) is 0.339. The zero-order valence-electron chi connectivity index (χ0n) is 20.1. The Balaban J connectivity index is 1.77. The van der Waals surface area contributed by atoms with Gasteiger partial charge in [-0.1, -0.05) is 18.2 Å². The van der Waals surface area contributed by atoms with Crippen LogP contribution in [0.3, 0.4) is 0 Å². The zero-order chi connectivity index (χ0) is 27.8. The molecule has 0 saturated carbocycles. The summed E-state index contributed by atoms with van der Waals surface area (Å²) in [6.45, 7) is 1.48. The third-order valence-corrected chi connectivity index (χ3v) is 6.91. The number of carbonyl (C=O) groups is 1. The van der Waals surface area contributed by atoms with Gasteiger partial charge in [0.25, 0.3) is 11.5 Å². The van der Waals surface area contributed by atoms with E-state index in [1.54, 1.807) is 0 Å². The number of rotatable bonds is 6. The highest BCUT2D eigenvalue weighted by Crippen LogP contribution is 2.31. The molecule has 0 aliphatic carbocycles. The van der Waals surface area contributed by atoms with Gasteiger partial charge in [-0.3, -0.25) is 14.2 Å². The van der Waals surface area contributed by atoms with Crippen molar-refractivity contribution in [1.29, 1.82) is 0 Å². The molecule has 2 aromatic carbocycles. The van der Waals surface area contributed by atoms with Gasteiger partial charge in [-0.05, 0) is 48.9 Å². The van der Waals surface area contributed by atoms with E-state index in [4.69, 9.17) is 5.73 Å². The van der Waals surface area contributed by atoms with Gasteiger partial charge in [-0.25, -0.2) is 13.4 Å². The first-order chi connectivity index (χ1) is 17.8. The molecule has 198 valence electrons. The number of nitrogen functional groups attached to an aromatic ring is 1. The maximum atomic E-state index is 13.4. The molecule has 0 unspecified atom stereocenters. The first kappa shape index (κ1) is 26.7. The molecule has 2 aromatic heterocycles. The molecule has 0 radical (unpaired) electrons. The summed E-state index contributed by atoms with van der Waals surface area (Å²) in [5, 5.41) is 2.59. The summed E-state index contributed by atoms with van der Waals surface area (Å²) in [6, 6.07) is 11.3. The van der Waals surface area contributed by atoms with Crippen LogP contribution in [0.15, 0.2) is 70.5 Å². The number of hydrogen-bond donors (Lipinski definition) is 3. The number of aromatic amines is 1. The number of nitrogens with zero attached hydrogens (tertiary/aromatic N) is 2. The van der Waals surface area contributed by atoms with E-state index in [-0.39, 0.29) is 45.6 Å². The van der Waals surface area contributed by atoms with E-state index in [2.05, 4.69) is 15.3 Å². The molecule has 13 heteroatoms. The molecule has 4 aromatic rings. The van der Waals surface area contributed by atoms with E-state index >= 15 is 0 Å². The van der Waals surface area contributed by atoms with Crippen LogP contribution in [0, 0.1) is 6.92 Å². The standard InChI is InChI=1S/C25H22F3N5O4S/c1-14-19(22-30-13-21(29)32-22)11-20(23(34)31-12-15-6-8-18(9-7-15)38(2,36)37)24(35)33(14)17-5-3-4-16(10-17)25(26,27)28/h3-11,13H,12,29H2,1-2H3,(H,30,32)(H,31,34). The predicted molar refractivity (Wildman–Crippen MR) is 134 cm³/mol. The average Bonchev–Trinajstić information content (AvgIpc) is 3.28. The van der Waals surface area contributed by atoms with Crippen LogP contribution in [-0.4, -0.2) is 35.1 Å². The van der Waals surface area contributed by atoms with E-state index in [0.29, 0.717) is 5.56 Å². The van der Waals surface area contributed by atoms with Crippen molar-refractivity contribution < 1.29 is 26.4 Å². The molecular weight excluding hydrogens is 523 g/mol. The number of hydrogen-bond acceptors (Lipinski definition) is 6. The largest absolute Gasteiger partial charge is 0.416 e. The van der Waals surface area contributed by atoms with Gasteiger partial charge in [-0.15, -0.1) is 0 Å². The minimum absolute atomic E-state index is 0.0389. The Kier molecular flexibility index (Phi) is 6.89. The number of alkyl halides is 3. The van der Waals surface area contributed by atoms with Crippen LogP contribution in [0.25, 0.3) is 17.1 Å². The van der Waals surface area contributed by atoms with Crippen LogP contribution in [0.4, 0.5) is 19.0 Å². The Bertz CT molecular complexity index is 1690. The highest BCUT2D eigenvalue weighted by molar-refractivity contribution is 7.90. The highest BCUT2D eigenvalue weighted by atomic mass is 32.2. The molecule has 1 amide bonds. The van der Waals surface area contributed by atoms with Crippen molar-refractivity contribution in [2.75, 3.05) is 12.0 Å². The molecule has 0 saturated heterocycles. The molecule has 0 spiro atoms. The van der Waals surface area contributed by atoms with Gasteiger partial charge in [0.15, 0.2) is 9.84 Å². The molecule has 0 fully saturated rings. The fraction of sp³-hybridized carbons (Fsp3) is 0.160. The summed E-state index contributed by atoms with van der Waals surface area (Å²) in [6.07, 6.45) is -2.25. The molecule has 4 N–H and O–H groups in total. The van der Waals surface area contributed by atoms with E-state index in [0.717, 1.165) is 23.0 Å². The third-order valence-electron chi connectivity index (χ3n) is 5.78. The first-order valence-electron chi connectivity index (χ1n) is 11.1. The Morgan fingerprint density at radius 2 is 1.82 bits per heavy atom. The van der Waals surface area contributed by atoms with Crippen molar-refractivity contribution in [2.45, 2.75) is 24.5 Å². The minimum atomic E-state index is -4.65. The number of nitrogens with one attached hydrogen (secondary N) is 2. The number of H-pyrrole nitrogens is 1. The van der Waals surface area contributed by atoms with Crippen LogP contribution < -0.4 is 16.6 Å². The molecule has 0 aliphatic heterocycles. The van der Waals surface area contributed by atoms with Gasteiger partial charge in [0.05, 0.1) is 16.7 Å². The Morgan fingerprint density at radius 1 is 1.13 bits per heavy atom. The van der Waals surface area contributed by atoms with E-state index in [9.17, 15) is 31.2 Å². The van der Waals surface area contributed by atoms with E-state index in [1.165, 1.54) is 55.6 Å². The van der Waals surface area contributed by atoms with Crippen LogP contribution in [0.2, 0.25) is 0 Å². The Labute approximate surface area is 215 Å².